The number of carbonyl (C=O) groups is 1. The average molecular weight is 431 g/mol. The van der Waals surface area contributed by atoms with E-state index in [2.05, 4.69) is 77.5 Å². The van der Waals surface area contributed by atoms with E-state index >= 15 is 0 Å². The van der Waals surface area contributed by atoms with Crippen molar-refractivity contribution in [1.82, 2.24) is 9.88 Å². The molecular formula is C30H26N2O. The summed E-state index contributed by atoms with van der Waals surface area (Å²) in [5.74, 6) is -0.0799. The molecule has 33 heavy (non-hydrogen) atoms. The Morgan fingerprint density at radius 1 is 0.758 bits per heavy atom. The number of nitrogens with zero attached hydrogens (tertiary/aromatic N) is 1. The van der Waals surface area contributed by atoms with Gasteiger partial charge in [0, 0.05) is 34.3 Å². The fourth-order valence-corrected chi connectivity index (χ4v) is 4.56. The minimum Gasteiger partial charge on any atom is -0.341 e. The van der Waals surface area contributed by atoms with Gasteiger partial charge in [-0.2, -0.15) is 0 Å². The lowest BCUT2D eigenvalue weighted by atomic mass is 9.95. The maximum absolute atomic E-state index is 13.2. The van der Waals surface area contributed by atoms with E-state index in [1.54, 1.807) is 0 Å². The van der Waals surface area contributed by atoms with Crippen LogP contribution in [0.1, 0.15) is 38.8 Å². The summed E-state index contributed by atoms with van der Waals surface area (Å²) in [7, 11) is 0. The fraction of sp³-hybridized carbons (Fsp3) is 0.100. The van der Waals surface area contributed by atoms with E-state index in [1.165, 1.54) is 11.1 Å². The van der Waals surface area contributed by atoms with E-state index in [4.69, 9.17) is 0 Å². The third kappa shape index (κ3) is 4.18. The summed E-state index contributed by atoms with van der Waals surface area (Å²) in [5.41, 5.74) is 6.43. The zero-order chi connectivity index (χ0) is 22.6. The summed E-state index contributed by atoms with van der Waals surface area (Å²) in [6.45, 7) is 2.93. The Morgan fingerprint density at radius 3 is 2.03 bits per heavy atom. The predicted molar refractivity (Wildman–Crippen MR) is 134 cm³/mol. The number of hydrogen-bond acceptors (Lipinski definition) is 1. The Balaban J connectivity index is 1.65. The first-order valence-electron chi connectivity index (χ1n) is 11.2. The maximum atomic E-state index is 13.2. The van der Waals surface area contributed by atoms with Gasteiger partial charge in [-0.1, -0.05) is 97.1 Å². The van der Waals surface area contributed by atoms with Gasteiger partial charge in [0.2, 0.25) is 0 Å². The average Bonchev–Trinajstić information content (AvgIpc) is 3.15. The molecule has 0 bridgehead atoms. The monoisotopic (exact) mass is 430 g/mol. The molecule has 5 rings (SSSR count). The topological polar surface area (TPSA) is 34.0 Å². The molecule has 3 nitrogen and oxygen atoms in total. The van der Waals surface area contributed by atoms with Gasteiger partial charge >= 0.3 is 0 Å². The fourth-order valence-electron chi connectivity index (χ4n) is 4.56. The van der Waals surface area contributed by atoms with Crippen LogP contribution in [0.25, 0.3) is 10.9 Å². The highest BCUT2D eigenvalue weighted by Crippen LogP contribution is 2.35. The Hall–Kier alpha value is -4.11. The largest absolute Gasteiger partial charge is 0.341 e. The first-order valence-corrected chi connectivity index (χ1v) is 11.2. The van der Waals surface area contributed by atoms with Crippen LogP contribution in [0.5, 0.6) is 0 Å². The van der Waals surface area contributed by atoms with E-state index in [0.717, 1.165) is 28.8 Å². The second-order valence-corrected chi connectivity index (χ2v) is 8.27. The maximum Gasteiger partial charge on any atom is 0.252 e. The van der Waals surface area contributed by atoms with Crippen molar-refractivity contribution in [2.45, 2.75) is 19.5 Å². The number of nitrogens with one attached hydrogen (secondary N) is 1. The lowest BCUT2D eigenvalue weighted by Crippen LogP contribution is -2.29. The second kappa shape index (κ2) is 9.17. The van der Waals surface area contributed by atoms with Crippen molar-refractivity contribution in [3.8, 4) is 0 Å². The van der Waals surface area contributed by atoms with E-state index in [-0.39, 0.29) is 11.9 Å². The predicted octanol–water partition coefficient (Wildman–Crippen LogP) is 6.52. The molecule has 0 unspecified atom stereocenters. The normalized spacial score (nSPS) is 11.9. The quantitative estimate of drug-likeness (QED) is 0.327. The molecule has 0 saturated carbocycles. The third-order valence-electron chi connectivity index (χ3n) is 6.20. The van der Waals surface area contributed by atoms with Gasteiger partial charge in [-0.3, -0.25) is 4.79 Å². The molecule has 1 atom stereocenters. The Labute approximate surface area is 194 Å². The van der Waals surface area contributed by atoms with Gasteiger partial charge in [0.15, 0.2) is 0 Å². The van der Waals surface area contributed by atoms with Crippen LogP contribution in [-0.4, -0.2) is 10.5 Å². The molecule has 0 aliphatic rings. The number of fused-ring (bicyclic) bond motifs is 1. The second-order valence-electron chi connectivity index (χ2n) is 8.27. The number of para-hydroxylation sites is 1. The highest BCUT2D eigenvalue weighted by Gasteiger charge is 2.25. The zero-order valence-electron chi connectivity index (χ0n) is 18.6. The van der Waals surface area contributed by atoms with Crippen molar-refractivity contribution in [3.05, 3.63) is 143 Å². The minimum atomic E-state index is -0.263. The molecule has 0 fully saturated rings. The number of carbonyl (C=O) groups excluding carboxylic acids is 1. The van der Waals surface area contributed by atoms with E-state index in [1.807, 2.05) is 54.6 Å². The van der Waals surface area contributed by atoms with Crippen molar-refractivity contribution < 1.29 is 4.79 Å². The zero-order valence-corrected chi connectivity index (χ0v) is 18.6. The van der Waals surface area contributed by atoms with E-state index in [9.17, 15) is 4.79 Å². The van der Waals surface area contributed by atoms with Crippen LogP contribution >= 0.6 is 0 Å². The standard InChI is InChI=1S/C30H26N2O/c1-22-28(26-19-11-12-20-27(26)32(22)21-23-13-5-2-6-14-23)29(24-15-7-3-8-16-24)31-30(33)25-17-9-4-10-18-25/h2-20,29H,21H2,1H3,(H,31,33)/t29-/m1/s1. The van der Waals surface area contributed by atoms with Crippen LogP contribution in [-0.2, 0) is 6.54 Å². The van der Waals surface area contributed by atoms with Crippen LogP contribution in [0, 0.1) is 6.92 Å². The number of benzene rings is 4. The van der Waals surface area contributed by atoms with E-state index in [0.29, 0.717) is 5.56 Å². The van der Waals surface area contributed by atoms with Crippen molar-refractivity contribution in [1.29, 1.82) is 0 Å². The Kier molecular flexibility index (Phi) is 5.77. The summed E-state index contributed by atoms with van der Waals surface area (Å²) in [5, 5.41) is 4.48. The molecule has 0 spiro atoms. The van der Waals surface area contributed by atoms with Crippen molar-refractivity contribution in [2.75, 3.05) is 0 Å². The van der Waals surface area contributed by atoms with Crippen LogP contribution < -0.4 is 5.32 Å². The Bertz CT molecular complexity index is 1370. The number of amides is 1. The number of aromatic nitrogens is 1. The van der Waals surface area contributed by atoms with Gasteiger partial charge in [-0.05, 0) is 36.2 Å². The molecule has 0 radical (unpaired) electrons. The molecule has 3 heteroatoms. The van der Waals surface area contributed by atoms with Crippen LogP contribution in [0.3, 0.4) is 0 Å². The van der Waals surface area contributed by atoms with Gasteiger partial charge in [0.1, 0.15) is 0 Å². The molecule has 0 aliphatic heterocycles. The smallest absolute Gasteiger partial charge is 0.252 e. The third-order valence-corrected chi connectivity index (χ3v) is 6.20. The SMILES string of the molecule is Cc1c([C@H](NC(=O)c2ccccc2)c2ccccc2)c2ccccc2n1Cc1ccccc1. The lowest BCUT2D eigenvalue weighted by molar-refractivity contribution is 0.0943. The summed E-state index contributed by atoms with van der Waals surface area (Å²) in [4.78, 5) is 13.2. The number of hydrogen-bond donors (Lipinski definition) is 1. The molecule has 1 N–H and O–H groups in total. The van der Waals surface area contributed by atoms with Crippen LogP contribution in [0.15, 0.2) is 115 Å². The lowest BCUT2D eigenvalue weighted by Gasteiger charge is -2.21. The summed E-state index contributed by atoms with van der Waals surface area (Å²) in [6, 6.07) is 38.3. The van der Waals surface area contributed by atoms with Gasteiger partial charge in [0.25, 0.3) is 5.91 Å². The summed E-state index contributed by atoms with van der Waals surface area (Å²) >= 11 is 0. The van der Waals surface area contributed by atoms with Crippen molar-refractivity contribution >= 4 is 16.8 Å². The van der Waals surface area contributed by atoms with Crippen molar-refractivity contribution in [3.63, 3.8) is 0 Å². The molecule has 0 saturated heterocycles. The molecular weight excluding hydrogens is 404 g/mol. The van der Waals surface area contributed by atoms with Gasteiger partial charge in [0.05, 0.1) is 6.04 Å². The molecule has 1 amide bonds. The Morgan fingerprint density at radius 2 is 1.33 bits per heavy atom. The van der Waals surface area contributed by atoms with E-state index < -0.39 is 0 Å². The van der Waals surface area contributed by atoms with Gasteiger partial charge < -0.3 is 9.88 Å². The van der Waals surface area contributed by atoms with Crippen molar-refractivity contribution in [2.24, 2.45) is 0 Å². The summed E-state index contributed by atoms with van der Waals surface area (Å²) in [6.07, 6.45) is 0. The summed E-state index contributed by atoms with van der Waals surface area (Å²) < 4.78 is 2.35. The molecule has 162 valence electrons. The molecule has 4 aromatic carbocycles. The van der Waals surface area contributed by atoms with Gasteiger partial charge in [-0.15, -0.1) is 0 Å². The highest BCUT2D eigenvalue weighted by molar-refractivity contribution is 5.95. The highest BCUT2D eigenvalue weighted by atomic mass is 16.1. The minimum absolute atomic E-state index is 0.0799. The molecule has 1 heterocycles. The molecule has 0 aliphatic carbocycles. The van der Waals surface area contributed by atoms with Crippen LogP contribution in [0.4, 0.5) is 0 Å². The van der Waals surface area contributed by atoms with Gasteiger partial charge in [-0.25, -0.2) is 0 Å². The molecule has 1 aromatic heterocycles. The molecule has 5 aromatic rings. The number of rotatable bonds is 6. The first kappa shape index (κ1) is 20.8. The first-order chi connectivity index (χ1) is 16.2. The van der Waals surface area contributed by atoms with Crippen LogP contribution in [0.2, 0.25) is 0 Å².